The Bertz CT molecular complexity index is 922. The van der Waals surface area contributed by atoms with Gasteiger partial charge in [-0.05, 0) is 49.6 Å². The summed E-state index contributed by atoms with van der Waals surface area (Å²) < 4.78 is 5.79. The van der Waals surface area contributed by atoms with Gasteiger partial charge in [0.05, 0.1) is 12.3 Å². The minimum Gasteiger partial charge on any atom is -0.493 e. The lowest BCUT2D eigenvalue weighted by Crippen LogP contribution is -2.12. The van der Waals surface area contributed by atoms with Crippen LogP contribution in [0.5, 0.6) is 5.75 Å². The number of nitrogens with one attached hydrogen (secondary N) is 1. The maximum absolute atomic E-state index is 12.1. The fourth-order valence-corrected chi connectivity index (χ4v) is 3.42. The molecule has 140 valence electrons. The van der Waals surface area contributed by atoms with Gasteiger partial charge in [0.25, 0.3) is 0 Å². The van der Waals surface area contributed by atoms with Crippen molar-refractivity contribution in [1.82, 2.24) is 4.98 Å². The van der Waals surface area contributed by atoms with Crippen LogP contribution < -0.4 is 10.1 Å². The summed E-state index contributed by atoms with van der Waals surface area (Å²) >= 11 is 7.31. The van der Waals surface area contributed by atoms with Crippen molar-refractivity contribution in [2.24, 2.45) is 0 Å². The Labute approximate surface area is 168 Å². The van der Waals surface area contributed by atoms with E-state index in [9.17, 15) is 4.79 Å². The first kappa shape index (κ1) is 19.4. The first-order valence-corrected chi connectivity index (χ1v) is 9.99. The molecule has 4 nitrogen and oxygen atoms in total. The summed E-state index contributed by atoms with van der Waals surface area (Å²) in [5.74, 6) is 0.819. The van der Waals surface area contributed by atoms with Gasteiger partial charge in [-0.1, -0.05) is 35.9 Å². The van der Waals surface area contributed by atoms with E-state index in [-0.39, 0.29) is 5.91 Å². The molecule has 0 bridgehead atoms. The molecule has 1 heterocycles. The molecule has 0 radical (unpaired) electrons. The summed E-state index contributed by atoms with van der Waals surface area (Å²) in [6, 6.07) is 13.5. The van der Waals surface area contributed by atoms with Crippen LogP contribution in [-0.2, 0) is 4.79 Å². The zero-order valence-corrected chi connectivity index (χ0v) is 16.9. The van der Waals surface area contributed by atoms with Crippen molar-refractivity contribution in [3.05, 3.63) is 64.0 Å². The first-order chi connectivity index (χ1) is 13.0. The fourth-order valence-electron chi connectivity index (χ4n) is 2.56. The smallest absolute Gasteiger partial charge is 0.226 e. The highest BCUT2D eigenvalue weighted by Gasteiger charge is 2.09. The normalized spacial score (nSPS) is 10.6. The van der Waals surface area contributed by atoms with E-state index in [4.69, 9.17) is 16.3 Å². The highest BCUT2D eigenvalue weighted by Crippen LogP contribution is 2.26. The van der Waals surface area contributed by atoms with Crippen LogP contribution in [0, 0.1) is 13.8 Å². The lowest BCUT2D eigenvalue weighted by molar-refractivity contribution is -0.116. The van der Waals surface area contributed by atoms with E-state index in [1.54, 1.807) is 0 Å². The lowest BCUT2D eigenvalue weighted by Gasteiger charge is -2.10. The van der Waals surface area contributed by atoms with Crippen LogP contribution in [0.3, 0.4) is 0 Å². The van der Waals surface area contributed by atoms with Crippen molar-refractivity contribution >= 4 is 34.0 Å². The van der Waals surface area contributed by atoms with Crippen LogP contribution in [0.2, 0.25) is 5.02 Å². The van der Waals surface area contributed by atoms with Gasteiger partial charge < -0.3 is 10.1 Å². The molecule has 0 aliphatic rings. The fraction of sp³-hybridized carbons (Fsp3) is 0.238. The highest BCUT2D eigenvalue weighted by atomic mass is 35.5. The number of carbonyl (C=O) groups excluding carboxylic acids is 1. The molecule has 1 N–H and O–H groups in total. The molecule has 27 heavy (non-hydrogen) atoms. The zero-order valence-electron chi connectivity index (χ0n) is 15.3. The van der Waals surface area contributed by atoms with E-state index in [1.807, 2.05) is 48.7 Å². The maximum Gasteiger partial charge on any atom is 0.226 e. The average molecular weight is 401 g/mol. The Morgan fingerprint density at radius 1 is 1.19 bits per heavy atom. The number of nitrogens with zero attached hydrogens (tertiary/aromatic N) is 1. The van der Waals surface area contributed by atoms with Gasteiger partial charge in [-0.2, -0.15) is 0 Å². The van der Waals surface area contributed by atoms with Gasteiger partial charge in [-0.25, -0.2) is 4.98 Å². The van der Waals surface area contributed by atoms with E-state index < -0.39 is 0 Å². The van der Waals surface area contributed by atoms with E-state index in [1.165, 1.54) is 16.9 Å². The van der Waals surface area contributed by atoms with Gasteiger partial charge >= 0.3 is 0 Å². The number of aromatic nitrogens is 1. The Hall–Kier alpha value is -2.37. The molecule has 3 rings (SSSR count). The standard InChI is InChI=1S/C21H21ClN2O2S/c1-14-5-3-6-19(15(14)2)26-12-4-7-20(25)24-21-23-18(13-27-21)16-8-10-17(22)11-9-16/h3,5-6,8-11,13H,4,7,12H2,1-2H3,(H,23,24,25). The molecule has 6 heteroatoms. The van der Waals surface area contributed by atoms with E-state index in [2.05, 4.69) is 23.3 Å². The molecule has 0 aliphatic carbocycles. The SMILES string of the molecule is Cc1cccc(OCCCC(=O)Nc2nc(-c3ccc(Cl)cc3)cs2)c1C. The minimum atomic E-state index is -0.0587. The van der Waals surface area contributed by atoms with E-state index >= 15 is 0 Å². The molecule has 1 amide bonds. The van der Waals surface area contributed by atoms with Crippen molar-refractivity contribution in [2.45, 2.75) is 26.7 Å². The summed E-state index contributed by atoms with van der Waals surface area (Å²) in [7, 11) is 0. The van der Waals surface area contributed by atoms with Crippen molar-refractivity contribution in [2.75, 3.05) is 11.9 Å². The third kappa shape index (κ3) is 5.31. The summed E-state index contributed by atoms with van der Waals surface area (Å²) in [6.07, 6.45) is 1.04. The number of carbonyl (C=O) groups is 1. The Kier molecular flexibility index (Phi) is 6.48. The summed E-state index contributed by atoms with van der Waals surface area (Å²) in [5.41, 5.74) is 4.13. The number of thiazole rings is 1. The monoisotopic (exact) mass is 400 g/mol. The maximum atomic E-state index is 12.1. The predicted octanol–water partition coefficient (Wildman–Crippen LogP) is 5.88. The number of hydrogen-bond donors (Lipinski definition) is 1. The van der Waals surface area contributed by atoms with Gasteiger partial charge in [0.2, 0.25) is 5.91 Å². The topological polar surface area (TPSA) is 51.2 Å². The Morgan fingerprint density at radius 2 is 1.96 bits per heavy atom. The van der Waals surface area contributed by atoms with Gasteiger partial charge in [0.1, 0.15) is 5.75 Å². The summed E-state index contributed by atoms with van der Waals surface area (Å²) in [4.78, 5) is 16.6. The molecule has 0 unspecified atom stereocenters. The summed E-state index contributed by atoms with van der Waals surface area (Å²) in [5, 5.41) is 6.05. The zero-order chi connectivity index (χ0) is 19.2. The number of benzene rings is 2. The molecule has 3 aromatic rings. The quantitative estimate of drug-likeness (QED) is 0.504. The molecule has 0 atom stereocenters. The number of anilines is 1. The minimum absolute atomic E-state index is 0.0587. The lowest BCUT2D eigenvalue weighted by atomic mass is 10.1. The number of aryl methyl sites for hydroxylation is 1. The number of amides is 1. The van der Waals surface area contributed by atoms with Crippen molar-refractivity contribution in [1.29, 1.82) is 0 Å². The Morgan fingerprint density at radius 3 is 2.74 bits per heavy atom. The van der Waals surface area contributed by atoms with Crippen molar-refractivity contribution in [3.63, 3.8) is 0 Å². The van der Waals surface area contributed by atoms with Crippen LogP contribution in [0.4, 0.5) is 5.13 Å². The second-order valence-corrected chi connectivity index (χ2v) is 7.54. The molecular formula is C21H21ClN2O2S. The predicted molar refractivity (Wildman–Crippen MR) is 112 cm³/mol. The molecule has 0 saturated carbocycles. The van der Waals surface area contributed by atoms with Crippen LogP contribution in [0.25, 0.3) is 11.3 Å². The van der Waals surface area contributed by atoms with Gasteiger partial charge in [0, 0.05) is 22.4 Å². The van der Waals surface area contributed by atoms with Gasteiger partial charge in [0.15, 0.2) is 5.13 Å². The number of rotatable bonds is 7. The van der Waals surface area contributed by atoms with Crippen LogP contribution in [0.1, 0.15) is 24.0 Å². The second-order valence-electron chi connectivity index (χ2n) is 6.24. The molecule has 0 spiro atoms. The van der Waals surface area contributed by atoms with Gasteiger partial charge in [-0.3, -0.25) is 4.79 Å². The molecule has 0 fully saturated rings. The molecule has 0 aliphatic heterocycles. The van der Waals surface area contributed by atoms with Crippen LogP contribution in [0.15, 0.2) is 47.8 Å². The third-order valence-electron chi connectivity index (χ3n) is 4.25. The van der Waals surface area contributed by atoms with Crippen molar-refractivity contribution < 1.29 is 9.53 Å². The van der Waals surface area contributed by atoms with Crippen LogP contribution >= 0.6 is 22.9 Å². The van der Waals surface area contributed by atoms with Gasteiger partial charge in [-0.15, -0.1) is 11.3 Å². The van der Waals surface area contributed by atoms with E-state index in [0.29, 0.717) is 29.6 Å². The first-order valence-electron chi connectivity index (χ1n) is 8.73. The average Bonchev–Trinajstić information content (AvgIpc) is 3.11. The highest BCUT2D eigenvalue weighted by molar-refractivity contribution is 7.14. The molecular weight excluding hydrogens is 380 g/mol. The van der Waals surface area contributed by atoms with Crippen molar-refractivity contribution in [3.8, 4) is 17.0 Å². The van der Waals surface area contributed by atoms with Crippen LogP contribution in [-0.4, -0.2) is 17.5 Å². The molecule has 2 aromatic carbocycles. The molecule has 1 aromatic heterocycles. The number of hydrogen-bond acceptors (Lipinski definition) is 4. The number of halogens is 1. The number of ether oxygens (including phenoxy) is 1. The molecule has 0 saturated heterocycles. The largest absolute Gasteiger partial charge is 0.493 e. The Balaban J connectivity index is 1.46. The third-order valence-corrected chi connectivity index (χ3v) is 5.26. The second kappa shape index (κ2) is 9.02. The summed E-state index contributed by atoms with van der Waals surface area (Å²) in [6.45, 7) is 4.60. The van der Waals surface area contributed by atoms with E-state index in [0.717, 1.165) is 22.6 Å².